The van der Waals surface area contributed by atoms with Gasteiger partial charge in [0.1, 0.15) is 0 Å². The Bertz CT molecular complexity index is 253. The van der Waals surface area contributed by atoms with E-state index in [4.69, 9.17) is 0 Å². The Balaban J connectivity index is 2.19. The predicted octanol–water partition coefficient (Wildman–Crippen LogP) is 3.66. The van der Waals surface area contributed by atoms with Crippen LogP contribution in [0.5, 0.6) is 0 Å². The minimum absolute atomic E-state index is 0.157. The van der Waals surface area contributed by atoms with Gasteiger partial charge in [0.25, 0.3) is 0 Å². The standard InChI is InChI=1S/C11H16F5N/c12-10(13,11(14,15)16)7-3-1-2-5-9-6-4-8-17-9/h2,5,9,17H,1,3-4,6-8H2/b5-2-/t9-/m1/s1. The van der Waals surface area contributed by atoms with E-state index in [1.54, 1.807) is 6.08 Å². The molecule has 0 aromatic rings. The molecule has 1 atom stereocenters. The molecule has 17 heavy (non-hydrogen) atoms. The molecule has 1 saturated heterocycles. The fraction of sp³-hybridized carbons (Fsp3) is 0.818. The monoisotopic (exact) mass is 257 g/mol. The molecule has 0 saturated carbocycles. The molecule has 0 unspecified atom stereocenters. The van der Waals surface area contributed by atoms with Gasteiger partial charge >= 0.3 is 12.1 Å². The van der Waals surface area contributed by atoms with Crippen molar-refractivity contribution >= 4 is 0 Å². The quantitative estimate of drug-likeness (QED) is 0.450. The third kappa shape index (κ3) is 4.61. The Morgan fingerprint density at radius 3 is 2.41 bits per heavy atom. The summed E-state index contributed by atoms with van der Waals surface area (Å²) in [5.74, 6) is -4.56. The van der Waals surface area contributed by atoms with E-state index >= 15 is 0 Å². The Hall–Kier alpha value is -0.650. The summed E-state index contributed by atoms with van der Waals surface area (Å²) in [5.41, 5.74) is 0. The zero-order valence-electron chi connectivity index (χ0n) is 9.36. The van der Waals surface area contributed by atoms with Crippen molar-refractivity contribution in [2.24, 2.45) is 0 Å². The largest absolute Gasteiger partial charge is 0.453 e. The predicted molar refractivity (Wildman–Crippen MR) is 55.0 cm³/mol. The Morgan fingerprint density at radius 1 is 1.18 bits per heavy atom. The summed E-state index contributed by atoms with van der Waals surface area (Å²) >= 11 is 0. The van der Waals surface area contributed by atoms with Gasteiger partial charge in [-0.1, -0.05) is 12.2 Å². The molecule has 1 aliphatic rings. The highest BCUT2D eigenvalue weighted by Crippen LogP contribution is 2.39. The van der Waals surface area contributed by atoms with Crippen molar-refractivity contribution in [1.29, 1.82) is 0 Å². The summed E-state index contributed by atoms with van der Waals surface area (Å²) in [4.78, 5) is 0. The Morgan fingerprint density at radius 2 is 1.88 bits per heavy atom. The zero-order valence-corrected chi connectivity index (χ0v) is 9.36. The molecule has 100 valence electrons. The molecule has 0 bridgehead atoms. The molecule has 0 spiro atoms. The van der Waals surface area contributed by atoms with Gasteiger partial charge in [-0.2, -0.15) is 22.0 Å². The van der Waals surface area contributed by atoms with Crippen LogP contribution < -0.4 is 5.32 Å². The minimum atomic E-state index is -5.43. The molecule has 1 nitrogen and oxygen atoms in total. The molecule has 1 heterocycles. The van der Waals surface area contributed by atoms with Gasteiger partial charge in [0.05, 0.1) is 0 Å². The first-order valence-electron chi connectivity index (χ1n) is 5.67. The average Bonchev–Trinajstić information content (AvgIpc) is 2.68. The van der Waals surface area contributed by atoms with Crippen LogP contribution in [0.3, 0.4) is 0 Å². The third-order valence-corrected chi connectivity index (χ3v) is 2.74. The van der Waals surface area contributed by atoms with E-state index in [1.807, 2.05) is 6.08 Å². The van der Waals surface area contributed by atoms with Gasteiger partial charge in [-0.25, -0.2) is 0 Å². The van der Waals surface area contributed by atoms with E-state index in [1.165, 1.54) is 0 Å². The van der Waals surface area contributed by atoms with Crippen molar-refractivity contribution in [3.8, 4) is 0 Å². The highest BCUT2D eigenvalue weighted by molar-refractivity contribution is 4.96. The molecular formula is C11H16F5N. The summed E-state index contributed by atoms with van der Waals surface area (Å²) < 4.78 is 60.4. The lowest BCUT2D eigenvalue weighted by Crippen LogP contribution is -2.36. The first kappa shape index (κ1) is 14.4. The topological polar surface area (TPSA) is 12.0 Å². The molecule has 1 aliphatic heterocycles. The molecule has 0 radical (unpaired) electrons. The zero-order chi connectivity index (χ0) is 12.9. The maximum absolute atomic E-state index is 12.5. The Kier molecular flexibility index (Phi) is 4.91. The fourth-order valence-electron chi connectivity index (χ4n) is 1.72. The fourth-order valence-corrected chi connectivity index (χ4v) is 1.72. The minimum Gasteiger partial charge on any atom is -0.311 e. The number of hydrogen-bond donors (Lipinski definition) is 1. The van der Waals surface area contributed by atoms with E-state index in [0.717, 1.165) is 19.4 Å². The number of nitrogens with one attached hydrogen (secondary N) is 1. The second-order valence-corrected chi connectivity index (χ2v) is 4.23. The lowest BCUT2D eigenvalue weighted by molar-refractivity contribution is -0.284. The molecule has 0 aliphatic carbocycles. The molecule has 1 fully saturated rings. The SMILES string of the molecule is FC(F)(F)C(F)(F)CCC/C=C\[C@@H]1CCCN1. The van der Waals surface area contributed by atoms with Crippen LogP contribution in [-0.4, -0.2) is 24.7 Å². The van der Waals surface area contributed by atoms with Crippen molar-refractivity contribution in [1.82, 2.24) is 5.32 Å². The Labute approximate surface area is 97.1 Å². The van der Waals surface area contributed by atoms with Gasteiger partial charge in [-0.05, 0) is 32.2 Å². The van der Waals surface area contributed by atoms with Crippen LogP contribution in [0.15, 0.2) is 12.2 Å². The summed E-state index contributed by atoms with van der Waals surface area (Å²) in [7, 11) is 0. The smallest absolute Gasteiger partial charge is 0.311 e. The second kappa shape index (κ2) is 5.80. The number of hydrogen-bond acceptors (Lipinski definition) is 1. The lowest BCUT2D eigenvalue weighted by Gasteiger charge is -2.18. The van der Waals surface area contributed by atoms with Crippen molar-refractivity contribution in [3.05, 3.63) is 12.2 Å². The molecule has 1 rings (SSSR count). The van der Waals surface area contributed by atoms with Crippen LogP contribution in [0, 0.1) is 0 Å². The van der Waals surface area contributed by atoms with Crippen LogP contribution in [0.1, 0.15) is 32.1 Å². The number of halogens is 5. The van der Waals surface area contributed by atoms with Gasteiger partial charge in [0.15, 0.2) is 0 Å². The van der Waals surface area contributed by atoms with Crippen molar-refractivity contribution in [2.75, 3.05) is 6.54 Å². The van der Waals surface area contributed by atoms with E-state index < -0.39 is 18.5 Å². The third-order valence-electron chi connectivity index (χ3n) is 2.74. The van der Waals surface area contributed by atoms with Gasteiger partial charge in [-0.3, -0.25) is 0 Å². The molecule has 0 aromatic carbocycles. The molecule has 1 N–H and O–H groups in total. The van der Waals surface area contributed by atoms with Crippen LogP contribution in [-0.2, 0) is 0 Å². The van der Waals surface area contributed by atoms with Crippen molar-refractivity contribution < 1.29 is 22.0 Å². The summed E-state index contributed by atoms with van der Waals surface area (Å²) in [6, 6.07) is 0.248. The highest BCUT2D eigenvalue weighted by atomic mass is 19.4. The average molecular weight is 257 g/mol. The molecule has 0 aromatic heterocycles. The van der Waals surface area contributed by atoms with Gasteiger partial charge in [0.2, 0.25) is 0 Å². The van der Waals surface area contributed by atoms with Crippen LogP contribution in [0.2, 0.25) is 0 Å². The van der Waals surface area contributed by atoms with Gasteiger partial charge in [-0.15, -0.1) is 0 Å². The summed E-state index contributed by atoms with van der Waals surface area (Å²) in [5, 5.41) is 3.17. The summed E-state index contributed by atoms with van der Waals surface area (Å²) in [6.45, 7) is 0.932. The normalized spacial score (nSPS) is 22.5. The van der Waals surface area contributed by atoms with Crippen LogP contribution in [0.4, 0.5) is 22.0 Å². The summed E-state index contributed by atoms with van der Waals surface area (Å²) in [6.07, 6.45) is -0.882. The number of rotatable bonds is 5. The number of alkyl halides is 5. The van der Waals surface area contributed by atoms with Gasteiger partial charge in [0, 0.05) is 12.5 Å². The maximum atomic E-state index is 12.5. The van der Waals surface area contributed by atoms with Crippen molar-refractivity contribution in [2.45, 2.75) is 50.2 Å². The molecule has 6 heteroatoms. The van der Waals surface area contributed by atoms with E-state index in [2.05, 4.69) is 5.32 Å². The second-order valence-electron chi connectivity index (χ2n) is 4.23. The maximum Gasteiger partial charge on any atom is 0.453 e. The highest BCUT2D eigenvalue weighted by Gasteiger charge is 2.56. The molecular weight excluding hydrogens is 241 g/mol. The van der Waals surface area contributed by atoms with Gasteiger partial charge < -0.3 is 5.32 Å². The lowest BCUT2D eigenvalue weighted by atomic mass is 10.1. The van der Waals surface area contributed by atoms with Crippen LogP contribution in [0.25, 0.3) is 0 Å². The van der Waals surface area contributed by atoms with E-state index in [9.17, 15) is 22.0 Å². The first-order chi connectivity index (χ1) is 7.83. The van der Waals surface area contributed by atoms with E-state index in [0.29, 0.717) is 0 Å². The molecule has 0 amide bonds. The van der Waals surface area contributed by atoms with E-state index in [-0.39, 0.29) is 18.9 Å². The van der Waals surface area contributed by atoms with Crippen molar-refractivity contribution in [3.63, 3.8) is 0 Å². The number of unbranched alkanes of at least 4 members (excludes halogenated alkanes) is 1. The number of allylic oxidation sites excluding steroid dienone is 1. The van der Waals surface area contributed by atoms with Crippen LogP contribution >= 0.6 is 0 Å². The first-order valence-corrected chi connectivity index (χ1v) is 5.67.